The molecular formula is C14H20ClNO2. The standard InChI is InChI=1S/C14H20ClNO2/c1-9(2)18-13-6-10(8-14(16)4-5-14)11(15)7-12(13)17-3/h6-7,9H,4-5,8,16H2,1-3H3. The number of ether oxygens (including phenoxy) is 2. The van der Waals surface area contributed by atoms with Crippen molar-refractivity contribution in [3.05, 3.63) is 22.7 Å². The van der Waals surface area contributed by atoms with Gasteiger partial charge in [-0.25, -0.2) is 0 Å². The second-order valence-electron chi connectivity index (χ2n) is 5.30. The van der Waals surface area contributed by atoms with E-state index in [0.717, 1.165) is 30.6 Å². The fraction of sp³-hybridized carbons (Fsp3) is 0.571. The highest BCUT2D eigenvalue weighted by Crippen LogP contribution is 2.40. The van der Waals surface area contributed by atoms with Gasteiger partial charge < -0.3 is 15.2 Å². The lowest BCUT2D eigenvalue weighted by Crippen LogP contribution is -2.24. The molecule has 0 atom stereocenters. The Morgan fingerprint density at radius 1 is 1.33 bits per heavy atom. The topological polar surface area (TPSA) is 44.5 Å². The molecule has 2 N–H and O–H groups in total. The van der Waals surface area contributed by atoms with Gasteiger partial charge in [0.05, 0.1) is 13.2 Å². The van der Waals surface area contributed by atoms with Gasteiger partial charge in [-0.2, -0.15) is 0 Å². The van der Waals surface area contributed by atoms with E-state index in [9.17, 15) is 0 Å². The normalized spacial score (nSPS) is 16.8. The minimum atomic E-state index is -0.0622. The molecule has 0 radical (unpaired) electrons. The molecule has 0 spiro atoms. The summed E-state index contributed by atoms with van der Waals surface area (Å²) < 4.78 is 11.0. The number of benzene rings is 1. The Labute approximate surface area is 113 Å². The molecule has 0 bridgehead atoms. The molecule has 18 heavy (non-hydrogen) atoms. The minimum absolute atomic E-state index is 0.0622. The summed E-state index contributed by atoms with van der Waals surface area (Å²) in [4.78, 5) is 0. The third-order valence-electron chi connectivity index (χ3n) is 3.13. The molecule has 0 unspecified atom stereocenters. The molecule has 0 saturated heterocycles. The molecule has 1 aromatic carbocycles. The summed E-state index contributed by atoms with van der Waals surface area (Å²) in [7, 11) is 1.61. The van der Waals surface area contributed by atoms with E-state index in [4.69, 9.17) is 26.8 Å². The molecule has 1 saturated carbocycles. The SMILES string of the molecule is COc1cc(Cl)c(CC2(N)CC2)cc1OC(C)C. The maximum atomic E-state index is 6.26. The Morgan fingerprint density at radius 3 is 2.50 bits per heavy atom. The van der Waals surface area contributed by atoms with Gasteiger partial charge in [0.15, 0.2) is 11.5 Å². The van der Waals surface area contributed by atoms with Crippen molar-refractivity contribution in [3.8, 4) is 11.5 Å². The molecule has 1 aliphatic rings. The lowest BCUT2D eigenvalue weighted by Gasteiger charge is -2.17. The lowest BCUT2D eigenvalue weighted by atomic mass is 10.0. The summed E-state index contributed by atoms with van der Waals surface area (Å²) in [5.41, 5.74) is 7.11. The predicted molar refractivity (Wildman–Crippen MR) is 73.6 cm³/mol. The van der Waals surface area contributed by atoms with Crippen LogP contribution in [-0.2, 0) is 6.42 Å². The molecule has 1 aliphatic carbocycles. The molecule has 0 amide bonds. The van der Waals surface area contributed by atoms with Crippen molar-refractivity contribution in [1.29, 1.82) is 0 Å². The third-order valence-corrected chi connectivity index (χ3v) is 3.48. The summed E-state index contributed by atoms with van der Waals surface area (Å²) in [6, 6.07) is 3.76. The number of hydrogen-bond donors (Lipinski definition) is 1. The maximum absolute atomic E-state index is 6.26. The Hall–Kier alpha value is -0.930. The van der Waals surface area contributed by atoms with Crippen LogP contribution in [-0.4, -0.2) is 18.8 Å². The van der Waals surface area contributed by atoms with Crippen molar-refractivity contribution >= 4 is 11.6 Å². The van der Waals surface area contributed by atoms with Crippen LogP contribution in [0.15, 0.2) is 12.1 Å². The molecule has 0 heterocycles. The fourth-order valence-electron chi connectivity index (χ4n) is 1.93. The third kappa shape index (κ3) is 3.09. The number of nitrogens with two attached hydrogens (primary N) is 1. The lowest BCUT2D eigenvalue weighted by molar-refractivity contribution is 0.230. The zero-order valence-corrected chi connectivity index (χ0v) is 11.9. The Kier molecular flexibility index (Phi) is 3.74. The van der Waals surface area contributed by atoms with Crippen molar-refractivity contribution in [2.24, 2.45) is 5.73 Å². The van der Waals surface area contributed by atoms with Crippen LogP contribution in [0.3, 0.4) is 0 Å². The fourth-order valence-corrected chi connectivity index (χ4v) is 2.16. The van der Waals surface area contributed by atoms with E-state index < -0.39 is 0 Å². The van der Waals surface area contributed by atoms with Crippen LogP contribution < -0.4 is 15.2 Å². The van der Waals surface area contributed by atoms with E-state index in [2.05, 4.69) is 0 Å². The largest absolute Gasteiger partial charge is 0.493 e. The molecule has 0 aromatic heterocycles. The number of rotatable bonds is 5. The summed E-state index contributed by atoms with van der Waals surface area (Å²) in [6.45, 7) is 3.97. The first kappa shape index (κ1) is 13.5. The second kappa shape index (κ2) is 4.98. The number of hydrogen-bond acceptors (Lipinski definition) is 3. The molecule has 0 aliphatic heterocycles. The monoisotopic (exact) mass is 269 g/mol. The van der Waals surface area contributed by atoms with Gasteiger partial charge in [-0.15, -0.1) is 0 Å². The number of halogens is 1. The highest BCUT2D eigenvalue weighted by molar-refractivity contribution is 6.31. The average molecular weight is 270 g/mol. The predicted octanol–water partition coefficient (Wildman–Crippen LogP) is 3.17. The molecule has 100 valence electrons. The van der Waals surface area contributed by atoms with Crippen molar-refractivity contribution in [2.75, 3.05) is 7.11 Å². The van der Waals surface area contributed by atoms with Crippen molar-refractivity contribution < 1.29 is 9.47 Å². The van der Waals surface area contributed by atoms with Gasteiger partial charge in [0, 0.05) is 16.6 Å². The van der Waals surface area contributed by atoms with Crippen molar-refractivity contribution in [1.82, 2.24) is 0 Å². The average Bonchev–Trinajstić information content (AvgIpc) is 3.00. The van der Waals surface area contributed by atoms with Crippen LogP contribution in [0.25, 0.3) is 0 Å². The summed E-state index contributed by atoms with van der Waals surface area (Å²) in [5.74, 6) is 1.40. The van der Waals surface area contributed by atoms with E-state index in [1.807, 2.05) is 19.9 Å². The van der Waals surface area contributed by atoms with Crippen LogP contribution >= 0.6 is 11.6 Å². The van der Waals surface area contributed by atoms with E-state index in [1.54, 1.807) is 13.2 Å². The van der Waals surface area contributed by atoms with Crippen LogP contribution in [0.5, 0.6) is 11.5 Å². The molecule has 1 fully saturated rings. The maximum Gasteiger partial charge on any atom is 0.162 e. The Balaban J connectivity index is 2.29. The van der Waals surface area contributed by atoms with Gasteiger partial charge in [-0.1, -0.05) is 11.6 Å². The molecule has 1 aromatic rings. The first-order chi connectivity index (χ1) is 8.43. The van der Waals surface area contributed by atoms with E-state index in [0.29, 0.717) is 10.8 Å². The van der Waals surface area contributed by atoms with E-state index in [1.165, 1.54) is 0 Å². The van der Waals surface area contributed by atoms with E-state index >= 15 is 0 Å². The molecule has 2 rings (SSSR count). The quantitative estimate of drug-likeness (QED) is 0.893. The van der Waals surface area contributed by atoms with Crippen LogP contribution in [0.1, 0.15) is 32.3 Å². The van der Waals surface area contributed by atoms with Gasteiger partial charge in [0.1, 0.15) is 0 Å². The Bertz CT molecular complexity index is 442. The smallest absolute Gasteiger partial charge is 0.162 e. The first-order valence-corrected chi connectivity index (χ1v) is 6.63. The zero-order chi connectivity index (χ0) is 13.3. The molecule has 4 heteroatoms. The Morgan fingerprint density at radius 2 is 2.00 bits per heavy atom. The highest BCUT2D eigenvalue weighted by Gasteiger charge is 2.38. The van der Waals surface area contributed by atoms with E-state index in [-0.39, 0.29) is 11.6 Å². The van der Waals surface area contributed by atoms with Gasteiger partial charge in [-0.3, -0.25) is 0 Å². The molecule has 3 nitrogen and oxygen atoms in total. The highest BCUT2D eigenvalue weighted by atomic mass is 35.5. The van der Waals surface area contributed by atoms with Gasteiger partial charge in [-0.05, 0) is 44.7 Å². The zero-order valence-electron chi connectivity index (χ0n) is 11.1. The van der Waals surface area contributed by atoms with Crippen LogP contribution in [0.2, 0.25) is 5.02 Å². The summed E-state index contributed by atoms with van der Waals surface area (Å²) >= 11 is 6.26. The molecular weight excluding hydrogens is 250 g/mol. The number of methoxy groups -OCH3 is 1. The van der Waals surface area contributed by atoms with Gasteiger partial charge >= 0.3 is 0 Å². The van der Waals surface area contributed by atoms with Crippen LogP contribution in [0.4, 0.5) is 0 Å². The summed E-state index contributed by atoms with van der Waals surface area (Å²) in [6.07, 6.45) is 3.02. The summed E-state index contributed by atoms with van der Waals surface area (Å²) in [5, 5.41) is 0.694. The van der Waals surface area contributed by atoms with Gasteiger partial charge in [0.2, 0.25) is 0 Å². The first-order valence-electron chi connectivity index (χ1n) is 6.25. The van der Waals surface area contributed by atoms with Crippen LogP contribution in [0, 0.1) is 0 Å². The van der Waals surface area contributed by atoms with Crippen molar-refractivity contribution in [3.63, 3.8) is 0 Å². The second-order valence-corrected chi connectivity index (χ2v) is 5.71. The van der Waals surface area contributed by atoms with Crippen molar-refractivity contribution in [2.45, 2.75) is 44.8 Å². The van der Waals surface area contributed by atoms with Gasteiger partial charge in [0.25, 0.3) is 0 Å². The minimum Gasteiger partial charge on any atom is -0.493 e.